The zero-order chi connectivity index (χ0) is 29.6. The molecule has 0 saturated carbocycles. The van der Waals surface area contributed by atoms with Crippen molar-refractivity contribution < 1.29 is 22.7 Å². The molecule has 0 aliphatic carbocycles. The Labute approximate surface area is 245 Å². The van der Waals surface area contributed by atoms with Crippen molar-refractivity contribution in [1.82, 2.24) is 10.2 Å². The fraction of sp³-hybridized carbons (Fsp3) is 0.310. The van der Waals surface area contributed by atoms with Crippen LogP contribution < -0.4 is 14.4 Å². The second kappa shape index (κ2) is 13.4. The molecular weight excluding hydrogens is 573 g/mol. The smallest absolute Gasteiger partial charge is 0.264 e. The lowest BCUT2D eigenvalue weighted by Crippen LogP contribution is -2.52. The van der Waals surface area contributed by atoms with E-state index in [1.165, 1.54) is 42.3 Å². The molecule has 0 saturated heterocycles. The first-order chi connectivity index (χ1) is 18.8. The number of anilines is 1. The predicted molar refractivity (Wildman–Crippen MR) is 158 cm³/mol. The number of hydrogen-bond acceptors (Lipinski definition) is 5. The van der Waals surface area contributed by atoms with Gasteiger partial charge in [0, 0.05) is 17.6 Å². The monoisotopic (exact) mass is 605 g/mol. The van der Waals surface area contributed by atoms with Gasteiger partial charge in [0.1, 0.15) is 18.3 Å². The average molecular weight is 607 g/mol. The van der Waals surface area contributed by atoms with Crippen molar-refractivity contribution in [2.45, 2.75) is 51.2 Å². The van der Waals surface area contributed by atoms with Gasteiger partial charge in [-0.15, -0.1) is 0 Å². The Balaban J connectivity index is 2.06. The van der Waals surface area contributed by atoms with Gasteiger partial charge in [0.25, 0.3) is 10.0 Å². The number of carbonyl (C=O) groups excluding carboxylic acids is 2. The normalized spacial score (nSPS) is 12.1. The van der Waals surface area contributed by atoms with Gasteiger partial charge in [-0.25, -0.2) is 8.42 Å². The van der Waals surface area contributed by atoms with Crippen LogP contribution in [0.25, 0.3) is 0 Å². The third-order valence-corrected chi connectivity index (χ3v) is 8.51. The Morgan fingerprint density at radius 1 is 0.950 bits per heavy atom. The van der Waals surface area contributed by atoms with Crippen molar-refractivity contribution in [2.24, 2.45) is 0 Å². The molecule has 1 N–H and O–H groups in total. The van der Waals surface area contributed by atoms with Crippen LogP contribution in [0, 0.1) is 6.92 Å². The summed E-state index contributed by atoms with van der Waals surface area (Å²) < 4.78 is 34.0. The first-order valence-electron chi connectivity index (χ1n) is 12.6. The number of nitrogens with one attached hydrogen (secondary N) is 1. The number of aryl methyl sites for hydroxylation is 1. The number of rotatable bonds is 11. The highest BCUT2D eigenvalue weighted by molar-refractivity contribution is 7.92. The van der Waals surface area contributed by atoms with Gasteiger partial charge in [0.15, 0.2) is 0 Å². The maximum atomic E-state index is 13.9. The van der Waals surface area contributed by atoms with E-state index in [-0.39, 0.29) is 34.1 Å². The summed E-state index contributed by atoms with van der Waals surface area (Å²) in [5.74, 6) is -0.588. The average Bonchev–Trinajstić information content (AvgIpc) is 2.90. The molecular formula is C29H33Cl2N3O5S. The fourth-order valence-electron chi connectivity index (χ4n) is 3.95. The van der Waals surface area contributed by atoms with Crippen LogP contribution in [0.3, 0.4) is 0 Å². The first-order valence-corrected chi connectivity index (χ1v) is 14.8. The van der Waals surface area contributed by atoms with Crippen LogP contribution in [-0.2, 0) is 26.2 Å². The lowest BCUT2D eigenvalue weighted by Gasteiger charge is -2.32. The van der Waals surface area contributed by atoms with Gasteiger partial charge in [-0.1, -0.05) is 53.0 Å². The van der Waals surface area contributed by atoms with Crippen LogP contribution in [0.5, 0.6) is 5.75 Å². The van der Waals surface area contributed by atoms with Gasteiger partial charge >= 0.3 is 0 Å². The van der Waals surface area contributed by atoms with E-state index in [9.17, 15) is 18.0 Å². The topological polar surface area (TPSA) is 96.0 Å². The molecule has 3 rings (SSSR count). The van der Waals surface area contributed by atoms with E-state index in [1.54, 1.807) is 43.3 Å². The number of hydrogen-bond donors (Lipinski definition) is 1. The summed E-state index contributed by atoms with van der Waals surface area (Å²) >= 11 is 12.4. The lowest BCUT2D eigenvalue weighted by atomic mass is 10.1. The van der Waals surface area contributed by atoms with E-state index in [1.807, 2.05) is 20.8 Å². The fourth-order valence-corrected chi connectivity index (χ4v) is 5.73. The van der Waals surface area contributed by atoms with E-state index in [0.717, 1.165) is 15.4 Å². The van der Waals surface area contributed by atoms with Crippen LogP contribution in [0.15, 0.2) is 71.6 Å². The summed E-state index contributed by atoms with van der Waals surface area (Å²) in [5, 5.41) is 3.53. The third kappa shape index (κ3) is 7.68. The van der Waals surface area contributed by atoms with E-state index >= 15 is 0 Å². The van der Waals surface area contributed by atoms with Crippen LogP contribution in [-0.4, -0.2) is 50.9 Å². The summed E-state index contributed by atoms with van der Waals surface area (Å²) in [6.45, 7) is 6.57. The second-order valence-electron chi connectivity index (χ2n) is 9.63. The Morgan fingerprint density at radius 3 is 2.12 bits per heavy atom. The standard InChI is InChI=1S/C29H33Cl2N3O5S/c1-19(2)32-29(36)21(4)33(17-22-8-10-23(30)11-9-22)28(35)18-34(24-12-15-27(39-5)26(31)16-24)40(37,38)25-13-6-20(3)7-14-25/h6-16,19,21H,17-18H2,1-5H3,(H,32,36)/t21-/m0/s1. The molecule has 8 nitrogen and oxygen atoms in total. The van der Waals surface area contributed by atoms with Crippen molar-refractivity contribution in [2.75, 3.05) is 18.0 Å². The molecule has 0 fully saturated rings. The van der Waals surface area contributed by atoms with Crippen LogP contribution in [0.1, 0.15) is 31.9 Å². The highest BCUT2D eigenvalue weighted by Crippen LogP contribution is 2.32. The molecule has 1 atom stereocenters. The minimum atomic E-state index is -4.21. The molecule has 3 aromatic rings. The molecule has 40 heavy (non-hydrogen) atoms. The Bertz CT molecular complexity index is 1450. The summed E-state index contributed by atoms with van der Waals surface area (Å²) in [5.41, 5.74) is 1.78. The Hall–Kier alpha value is -3.27. The summed E-state index contributed by atoms with van der Waals surface area (Å²) in [7, 11) is -2.76. The number of nitrogens with zero attached hydrogens (tertiary/aromatic N) is 2. The van der Waals surface area contributed by atoms with E-state index in [4.69, 9.17) is 27.9 Å². The molecule has 0 aliphatic heterocycles. The molecule has 2 amide bonds. The zero-order valence-corrected chi connectivity index (χ0v) is 25.3. The minimum absolute atomic E-state index is 0.00712. The number of methoxy groups -OCH3 is 1. The molecule has 214 valence electrons. The SMILES string of the molecule is COc1ccc(N(CC(=O)N(Cc2ccc(Cl)cc2)[C@@H](C)C(=O)NC(C)C)S(=O)(=O)c2ccc(C)cc2)cc1Cl. The number of carbonyl (C=O) groups is 2. The third-order valence-electron chi connectivity index (χ3n) is 6.18. The lowest BCUT2D eigenvalue weighted by molar-refractivity contribution is -0.139. The van der Waals surface area contributed by atoms with E-state index in [0.29, 0.717) is 10.8 Å². The van der Waals surface area contributed by atoms with Gasteiger partial charge in [0.05, 0.1) is 22.7 Å². The van der Waals surface area contributed by atoms with Crippen molar-refractivity contribution in [3.05, 3.63) is 87.9 Å². The van der Waals surface area contributed by atoms with Crippen molar-refractivity contribution >= 4 is 50.7 Å². The van der Waals surface area contributed by atoms with Crippen molar-refractivity contribution in [1.29, 1.82) is 0 Å². The molecule has 0 bridgehead atoms. The molecule has 0 radical (unpaired) electrons. The number of amides is 2. The summed E-state index contributed by atoms with van der Waals surface area (Å²) in [6.07, 6.45) is 0. The maximum Gasteiger partial charge on any atom is 0.264 e. The molecule has 0 spiro atoms. The number of sulfonamides is 1. The van der Waals surface area contributed by atoms with Gasteiger partial charge in [-0.05, 0) is 75.7 Å². The van der Waals surface area contributed by atoms with Crippen molar-refractivity contribution in [3.63, 3.8) is 0 Å². The second-order valence-corrected chi connectivity index (χ2v) is 12.3. The van der Waals surface area contributed by atoms with Crippen LogP contribution >= 0.6 is 23.2 Å². The number of ether oxygens (including phenoxy) is 1. The highest BCUT2D eigenvalue weighted by atomic mass is 35.5. The quantitative estimate of drug-likeness (QED) is 0.313. The molecule has 3 aromatic carbocycles. The van der Waals surface area contributed by atoms with Gasteiger partial charge in [-0.2, -0.15) is 0 Å². The summed E-state index contributed by atoms with van der Waals surface area (Å²) in [6, 6.07) is 16.6. The van der Waals surface area contributed by atoms with Crippen LogP contribution in [0.4, 0.5) is 5.69 Å². The van der Waals surface area contributed by atoms with Gasteiger partial charge in [0.2, 0.25) is 11.8 Å². The molecule has 0 aliphatic rings. The zero-order valence-electron chi connectivity index (χ0n) is 23.0. The molecule has 11 heteroatoms. The van der Waals surface area contributed by atoms with Crippen molar-refractivity contribution in [3.8, 4) is 5.75 Å². The van der Waals surface area contributed by atoms with E-state index in [2.05, 4.69) is 5.32 Å². The van der Waals surface area contributed by atoms with E-state index < -0.39 is 28.5 Å². The Kier molecular flexibility index (Phi) is 10.5. The molecule has 0 unspecified atom stereocenters. The summed E-state index contributed by atoms with van der Waals surface area (Å²) in [4.78, 5) is 28.3. The maximum absolute atomic E-state index is 13.9. The first kappa shape index (κ1) is 31.3. The Morgan fingerprint density at radius 2 is 1.57 bits per heavy atom. The van der Waals surface area contributed by atoms with Gasteiger partial charge in [-0.3, -0.25) is 13.9 Å². The predicted octanol–water partition coefficient (Wildman–Crippen LogP) is 5.45. The molecule has 0 heterocycles. The minimum Gasteiger partial charge on any atom is -0.495 e. The number of benzene rings is 3. The molecule has 0 aromatic heterocycles. The number of halogens is 2. The largest absolute Gasteiger partial charge is 0.495 e. The van der Waals surface area contributed by atoms with Gasteiger partial charge < -0.3 is 15.0 Å². The van der Waals surface area contributed by atoms with Crippen LogP contribution in [0.2, 0.25) is 10.0 Å². The highest BCUT2D eigenvalue weighted by Gasteiger charge is 2.33.